The molecule has 1 saturated heterocycles. The normalized spacial score (nSPS) is 56.3. The molecule has 5 saturated carbocycles. The first-order valence-electron chi connectivity index (χ1n) is 9.39. The Morgan fingerprint density at radius 1 is 0.864 bits per heavy atom. The Morgan fingerprint density at radius 2 is 1.50 bits per heavy atom. The van der Waals surface area contributed by atoms with Gasteiger partial charge in [-0.2, -0.15) is 9.78 Å². The Bertz CT molecular complexity index is 412. The number of ether oxygens (including phenoxy) is 1. The average Bonchev–Trinajstić information content (AvgIpc) is 2.88. The summed E-state index contributed by atoms with van der Waals surface area (Å²) in [5, 5.41) is 9.12. The third-order valence-electron chi connectivity index (χ3n) is 7.35. The molecule has 124 valence electrons. The molecule has 5 aliphatic carbocycles. The van der Waals surface area contributed by atoms with Gasteiger partial charge in [0.2, 0.25) is 11.6 Å². The van der Waals surface area contributed by atoms with Crippen molar-refractivity contribution in [2.45, 2.75) is 75.8 Å². The van der Waals surface area contributed by atoms with E-state index >= 15 is 0 Å². The third kappa shape index (κ3) is 1.97. The topological polar surface area (TPSA) is 47.9 Å². The van der Waals surface area contributed by atoms with Crippen LogP contribution in [0.2, 0.25) is 0 Å². The second-order valence-corrected chi connectivity index (χ2v) is 8.66. The SMILES string of the molecule is OCCC1CCC2(CC1)OOC1(O2)C2CC3CC(C2)CC1C3. The van der Waals surface area contributed by atoms with Crippen LogP contribution in [0.15, 0.2) is 0 Å². The minimum atomic E-state index is -0.485. The molecule has 0 aromatic rings. The first-order valence-corrected chi connectivity index (χ1v) is 9.39. The maximum absolute atomic E-state index is 9.12. The van der Waals surface area contributed by atoms with Gasteiger partial charge in [0, 0.05) is 31.3 Å². The Balaban J connectivity index is 1.33. The van der Waals surface area contributed by atoms with Gasteiger partial charge in [-0.15, -0.1) is 0 Å². The molecule has 2 spiro atoms. The predicted octanol–water partition coefficient (Wildman–Crippen LogP) is 3.39. The van der Waals surface area contributed by atoms with Crippen LogP contribution in [0.3, 0.4) is 0 Å². The van der Waals surface area contributed by atoms with Gasteiger partial charge in [-0.3, -0.25) is 0 Å². The van der Waals surface area contributed by atoms with Crippen LogP contribution in [0.1, 0.15) is 64.2 Å². The minimum Gasteiger partial charge on any atom is -0.396 e. The first kappa shape index (κ1) is 14.2. The van der Waals surface area contributed by atoms with Gasteiger partial charge in [0.05, 0.1) is 0 Å². The van der Waals surface area contributed by atoms with E-state index in [1.165, 1.54) is 32.1 Å². The zero-order chi connectivity index (χ0) is 14.8. The van der Waals surface area contributed by atoms with E-state index in [0.717, 1.165) is 43.9 Å². The maximum Gasteiger partial charge on any atom is 0.210 e. The quantitative estimate of drug-likeness (QED) is 0.794. The van der Waals surface area contributed by atoms with E-state index in [0.29, 0.717) is 24.4 Å². The highest BCUT2D eigenvalue weighted by molar-refractivity contribution is 5.05. The highest BCUT2D eigenvalue weighted by atomic mass is 17.3. The van der Waals surface area contributed by atoms with Gasteiger partial charge in [0.1, 0.15) is 0 Å². The van der Waals surface area contributed by atoms with Crippen LogP contribution >= 0.6 is 0 Å². The van der Waals surface area contributed by atoms with E-state index in [4.69, 9.17) is 19.6 Å². The van der Waals surface area contributed by atoms with E-state index in [1.54, 1.807) is 0 Å². The third-order valence-corrected chi connectivity index (χ3v) is 7.35. The Kier molecular flexibility index (Phi) is 3.18. The molecular weight excluding hydrogens is 280 g/mol. The van der Waals surface area contributed by atoms with E-state index < -0.39 is 11.6 Å². The van der Waals surface area contributed by atoms with Gasteiger partial charge in [0.15, 0.2) is 0 Å². The molecule has 1 aliphatic heterocycles. The van der Waals surface area contributed by atoms with Crippen molar-refractivity contribution in [3.63, 3.8) is 0 Å². The summed E-state index contributed by atoms with van der Waals surface area (Å²) >= 11 is 0. The molecule has 4 nitrogen and oxygen atoms in total. The van der Waals surface area contributed by atoms with E-state index in [9.17, 15) is 0 Å². The molecule has 0 aromatic carbocycles. The summed E-state index contributed by atoms with van der Waals surface area (Å²) in [5.41, 5.74) is 0. The molecule has 0 amide bonds. The van der Waals surface area contributed by atoms with Gasteiger partial charge in [-0.1, -0.05) is 0 Å². The van der Waals surface area contributed by atoms with Crippen molar-refractivity contribution in [3.8, 4) is 0 Å². The molecule has 4 heteroatoms. The van der Waals surface area contributed by atoms with Crippen LogP contribution < -0.4 is 0 Å². The van der Waals surface area contributed by atoms with Crippen LogP contribution in [0.25, 0.3) is 0 Å². The Hall–Kier alpha value is -0.160. The zero-order valence-electron chi connectivity index (χ0n) is 13.3. The van der Waals surface area contributed by atoms with E-state index in [-0.39, 0.29) is 0 Å². The van der Waals surface area contributed by atoms with E-state index in [2.05, 4.69) is 0 Å². The molecule has 22 heavy (non-hydrogen) atoms. The lowest BCUT2D eigenvalue weighted by Gasteiger charge is -2.57. The number of aliphatic hydroxyl groups is 1. The van der Waals surface area contributed by atoms with Crippen LogP contribution in [0, 0.1) is 29.6 Å². The van der Waals surface area contributed by atoms with Crippen LogP contribution in [-0.2, 0) is 14.5 Å². The largest absolute Gasteiger partial charge is 0.396 e. The number of hydrogen-bond acceptors (Lipinski definition) is 4. The zero-order valence-corrected chi connectivity index (χ0v) is 13.3. The summed E-state index contributed by atoms with van der Waals surface area (Å²) in [7, 11) is 0. The lowest BCUT2D eigenvalue weighted by molar-refractivity contribution is -0.390. The molecule has 6 aliphatic rings. The first-order chi connectivity index (χ1) is 10.7. The molecule has 6 rings (SSSR count). The maximum atomic E-state index is 9.12. The number of rotatable bonds is 2. The standard InChI is InChI=1S/C18H28O4/c19-6-3-12-1-4-17(5-2-12)20-18(22-21-17)15-8-13-7-14(10-15)11-16(18)9-13/h12-16,19H,1-11H2. The Labute approximate surface area is 132 Å². The molecular formula is C18H28O4. The van der Waals surface area contributed by atoms with Crippen molar-refractivity contribution < 1.29 is 19.6 Å². The van der Waals surface area contributed by atoms with E-state index in [1.807, 2.05) is 0 Å². The highest BCUT2D eigenvalue weighted by Gasteiger charge is 2.66. The summed E-state index contributed by atoms with van der Waals surface area (Å²) in [6, 6.07) is 0. The van der Waals surface area contributed by atoms with Gasteiger partial charge in [-0.25, -0.2) is 0 Å². The van der Waals surface area contributed by atoms with Crippen molar-refractivity contribution in [1.82, 2.24) is 0 Å². The highest BCUT2D eigenvalue weighted by Crippen LogP contribution is 2.63. The van der Waals surface area contributed by atoms with Crippen molar-refractivity contribution in [3.05, 3.63) is 0 Å². The smallest absolute Gasteiger partial charge is 0.210 e. The van der Waals surface area contributed by atoms with Crippen molar-refractivity contribution in [1.29, 1.82) is 0 Å². The van der Waals surface area contributed by atoms with Gasteiger partial charge < -0.3 is 9.84 Å². The van der Waals surface area contributed by atoms with Crippen molar-refractivity contribution in [2.24, 2.45) is 29.6 Å². The lowest BCUT2D eigenvalue weighted by atomic mass is 9.53. The van der Waals surface area contributed by atoms with Crippen molar-refractivity contribution in [2.75, 3.05) is 6.61 Å². The molecule has 0 radical (unpaired) electrons. The van der Waals surface area contributed by atoms with Crippen LogP contribution in [-0.4, -0.2) is 23.3 Å². The summed E-state index contributed by atoms with van der Waals surface area (Å²) in [6.45, 7) is 0.298. The van der Waals surface area contributed by atoms with Gasteiger partial charge in [-0.05, 0) is 69.1 Å². The van der Waals surface area contributed by atoms with Crippen LogP contribution in [0.5, 0.6) is 0 Å². The summed E-state index contributed by atoms with van der Waals surface area (Å²) in [5.74, 6) is 2.65. The van der Waals surface area contributed by atoms with Gasteiger partial charge in [0.25, 0.3) is 0 Å². The number of aliphatic hydroxyl groups excluding tert-OH is 1. The fraction of sp³-hybridized carbons (Fsp3) is 1.00. The molecule has 1 N–H and O–H groups in total. The monoisotopic (exact) mass is 308 g/mol. The molecule has 0 unspecified atom stereocenters. The molecule has 6 fully saturated rings. The second kappa shape index (κ2) is 4.92. The van der Waals surface area contributed by atoms with Crippen LogP contribution in [0.4, 0.5) is 0 Å². The molecule has 1 heterocycles. The summed E-state index contributed by atoms with van der Waals surface area (Å²) in [4.78, 5) is 11.9. The summed E-state index contributed by atoms with van der Waals surface area (Å²) in [6.07, 6.45) is 11.5. The minimum absolute atomic E-state index is 0.298. The number of hydrogen-bond donors (Lipinski definition) is 1. The molecule has 0 aromatic heterocycles. The van der Waals surface area contributed by atoms with Crippen molar-refractivity contribution >= 4 is 0 Å². The van der Waals surface area contributed by atoms with Gasteiger partial charge >= 0.3 is 0 Å². The fourth-order valence-electron chi connectivity index (χ4n) is 6.38. The average molecular weight is 308 g/mol. The molecule has 4 bridgehead atoms. The second-order valence-electron chi connectivity index (χ2n) is 8.66. The molecule has 0 atom stereocenters. The fourth-order valence-corrected chi connectivity index (χ4v) is 6.38. The Morgan fingerprint density at radius 3 is 2.09 bits per heavy atom. The predicted molar refractivity (Wildman–Crippen MR) is 79.4 cm³/mol. The lowest BCUT2D eigenvalue weighted by Crippen LogP contribution is -2.59. The summed E-state index contributed by atoms with van der Waals surface area (Å²) < 4.78 is 6.67.